The second-order valence-corrected chi connectivity index (χ2v) is 5.00. The number of hydrogen-bond donors (Lipinski definition) is 0. The summed E-state index contributed by atoms with van der Waals surface area (Å²) in [5.41, 5.74) is -3.77. The maximum Gasteiger partial charge on any atom is 0.446 e. The molecule has 7 heteroatoms. The van der Waals surface area contributed by atoms with Crippen molar-refractivity contribution in [2.75, 3.05) is 6.61 Å². The molecule has 1 rings (SSSR count). The van der Waals surface area contributed by atoms with E-state index in [0.29, 0.717) is 5.56 Å². The molecule has 0 radical (unpaired) electrons. The Labute approximate surface area is 118 Å². The van der Waals surface area contributed by atoms with Crippen molar-refractivity contribution in [2.24, 2.45) is 0 Å². The highest BCUT2D eigenvalue weighted by molar-refractivity contribution is 8.00. The second kappa shape index (κ2) is 6.66. The molecule has 0 bridgehead atoms. The van der Waals surface area contributed by atoms with Gasteiger partial charge in [-0.05, 0) is 48.9 Å². The number of ether oxygens (including phenoxy) is 1. The van der Waals surface area contributed by atoms with Gasteiger partial charge in [0.15, 0.2) is 0 Å². The predicted molar refractivity (Wildman–Crippen MR) is 68.1 cm³/mol. The van der Waals surface area contributed by atoms with E-state index in [-0.39, 0.29) is 40.8 Å². The highest BCUT2D eigenvalue weighted by Crippen LogP contribution is 2.40. The Hall–Kier alpha value is -1.68. The Morgan fingerprint density at radius 2 is 2.10 bits per heavy atom. The molecule has 3 nitrogen and oxygen atoms in total. The maximum atomic E-state index is 12.6. The van der Waals surface area contributed by atoms with Crippen LogP contribution in [0, 0.1) is 18.3 Å². The number of hydrogen-bond acceptors (Lipinski definition) is 4. The molecule has 0 saturated heterocycles. The van der Waals surface area contributed by atoms with Gasteiger partial charge in [0.2, 0.25) is 0 Å². The molecule has 0 aliphatic rings. The summed E-state index contributed by atoms with van der Waals surface area (Å²) in [7, 11) is 0. The molecule has 0 aromatic heterocycles. The standard InChI is InChI=1S/C13H12F3NO2S/c1-3-19-11(18)6-10-5-9(7-17)4-8(2)12(10)20-13(14,15)16/h4-5H,3,6H2,1-2H3. The van der Waals surface area contributed by atoms with Crippen molar-refractivity contribution in [3.8, 4) is 6.07 Å². The first-order valence-electron chi connectivity index (χ1n) is 5.71. The van der Waals surface area contributed by atoms with Crippen LogP contribution in [0.4, 0.5) is 13.2 Å². The van der Waals surface area contributed by atoms with Gasteiger partial charge in [0.1, 0.15) is 0 Å². The monoisotopic (exact) mass is 303 g/mol. The van der Waals surface area contributed by atoms with E-state index in [9.17, 15) is 18.0 Å². The Morgan fingerprint density at radius 1 is 1.45 bits per heavy atom. The molecular formula is C13H12F3NO2S. The van der Waals surface area contributed by atoms with E-state index in [2.05, 4.69) is 0 Å². The van der Waals surface area contributed by atoms with Crippen LogP contribution in [0.25, 0.3) is 0 Å². The number of alkyl halides is 3. The number of esters is 1. The second-order valence-electron chi connectivity index (χ2n) is 3.92. The van der Waals surface area contributed by atoms with E-state index in [1.165, 1.54) is 19.1 Å². The van der Waals surface area contributed by atoms with Gasteiger partial charge in [-0.15, -0.1) is 0 Å². The molecule has 0 fully saturated rings. The molecule has 20 heavy (non-hydrogen) atoms. The molecule has 0 amide bonds. The molecule has 1 aromatic carbocycles. The van der Waals surface area contributed by atoms with Gasteiger partial charge in [-0.3, -0.25) is 4.79 Å². The lowest BCUT2D eigenvalue weighted by molar-refractivity contribution is -0.142. The third-order valence-electron chi connectivity index (χ3n) is 2.34. The normalized spacial score (nSPS) is 11.0. The summed E-state index contributed by atoms with van der Waals surface area (Å²) in [5.74, 6) is -0.619. The fraction of sp³-hybridized carbons (Fsp3) is 0.385. The van der Waals surface area contributed by atoms with Crippen molar-refractivity contribution in [3.63, 3.8) is 0 Å². The van der Waals surface area contributed by atoms with Gasteiger partial charge >= 0.3 is 11.5 Å². The topological polar surface area (TPSA) is 50.1 Å². The van der Waals surface area contributed by atoms with Crippen molar-refractivity contribution in [3.05, 3.63) is 28.8 Å². The average Bonchev–Trinajstić information content (AvgIpc) is 2.32. The zero-order chi connectivity index (χ0) is 15.3. The average molecular weight is 303 g/mol. The summed E-state index contributed by atoms with van der Waals surface area (Å²) in [6.45, 7) is 3.24. The first-order valence-corrected chi connectivity index (χ1v) is 6.53. The number of carbonyl (C=O) groups is 1. The molecule has 1 aromatic rings. The van der Waals surface area contributed by atoms with E-state index in [1.54, 1.807) is 6.92 Å². The van der Waals surface area contributed by atoms with Crippen LogP contribution >= 0.6 is 11.8 Å². The Kier molecular flexibility index (Phi) is 5.45. The van der Waals surface area contributed by atoms with Crippen molar-refractivity contribution in [1.29, 1.82) is 5.26 Å². The Balaban J connectivity index is 3.19. The number of rotatable bonds is 4. The van der Waals surface area contributed by atoms with Crippen LogP contribution in [0.1, 0.15) is 23.6 Å². The third kappa shape index (κ3) is 4.78. The van der Waals surface area contributed by atoms with Crippen LogP contribution in [0.5, 0.6) is 0 Å². The van der Waals surface area contributed by atoms with Gasteiger partial charge in [-0.1, -0.05) is 0 Å². The van der Waals surface area contributed by atoms with Gasteiger partial charge in [0.25, 0.3) is 0 Å². The Bertz CT molecular complexity index is 550. The number of nitriles is 1. The minimum absolute atomic E-state index is 0.0513. The number of halogens is 3. The van der Waals surface area contributed by atoms with Crippen molar-refractivity contribution >= 4 is 17.7 Å². The highest BCUT2D eigenvalue weighted by atomic mass is 32.2. The van der Waals surface area contributed by atoms with Crippen LogP contribution < -0.4 is 0 Å². The van der Waals surface area contributed by atoms with Crippen LogP contribution in [-0.4, -0.2) is 18.1 Å². The van der Waals surface area contributed by atoms with Gasteiger partial charge in [0, 0.05) is 4.90 Å². The summed E-state index contributed by atoms with van der Waals surface area (Å²) < 4.78 is 42.4. The number of nitrogens with zero attached hydrogens (tertiary/aromatic N) is 1. The van der Waals surface area contributed by atoms with Crippen LogP contribution in [0.2, 0.25) is 0 Å². The SMILES string of the molecule is CCOC(=O)Cc1cc(C#N)cc(C)c1SC(F)(F)F. The summed E-state index contributed by atoms with van der Waals surface area (Å²) in [5, 5.41) is 8.85. The van der Waals surface area contributed by atoms with Gasteiger partial charge < -0.3 is 4.74 Å². The lowest BCUT2D eigenvalue weighted by atomic mass is 10.0. The van der Waals surface area contributed by atoms with Gasteiger partial charge in [-0.25, -0.2) is 0 Å². The van der Waals surface area contributed by atoms with Crippen molar-refractivity contribution < 1.29 is 22.7 Å². The zero-order valence-corrected chi connectivity index (χ0v) is 11.7. The molecular weight excluding hydrogens is 291 g/mol. The van der Waals surface area contributed by atoms with E-state index in [1.807, 2.05) is 6.07 Å². The highest BCUT2D eigenvalue weighted by Gasteiger charge is 2.31. The third-order valence-corrected chi connectivity index (χ3v) is 3.36. The molecule has 108 valence electrons. The molecule has 0 unspecified atom stereocenters. The number of thioether (sulfide) groups is 1. The fourth-order valence-corrected chi connectivity index (χ4v) is 2.39. The molecule has 0 aliphatic carbocycles. The zero-order valence-electron chi connectivity index (χ0n) is 10.9. The van der Waals surface area contributed by atoms with Gasteiger partial charge in [-0.2, -0.15) is 18.4 Å². The molecule has 0 N–H and O–H groups in total. The number of benzene rings is 1. The van der Waals surface area contributed by atoms with Crippen LogP contribution in [0.3, 0.4) is 0 Å². The van der Waals surface area contributed by atoms with E-state index in [4.69, 9.17) is 10.00 Å². The maximum absolute atomic E-state index is 12.6. The van der Waals surface area contributed by atoms with E-state index >= 15 is 0 Å². The summed E-state index contributed by atoms with van der Waals surface area (Å²) in [4.78, 5) is 11.4. The summed E-state index contributed by atoms with van der Waals surface area (Å²) >= 11 is -0.284. The molecule has 0 heterocycles. The summed E-state index contributed by atoms with van der Waals surface area (Å²) in [6.07, 6.45) is -0.289. The molecule has 0 aliphatic heterocycles. The summed E-state index contributed by atoms with van der Waals surface area (Å²) in [6, 6.07) is 4.51. The predicted octanol–water partition coefficient (Wildman–Crippen LogP) is 3.58. The Morgan fingerprint density at radius 3 is 2.60 bits per heavy atom. The number of carbonyl (C=O) groups excluding carboxylic acids is 1. The molecule has 0 saturated carbocycles. The minimum Gasteiger partial charge on any atom is -0.466 e. The molecule has 0 atom stereocenters. The van der Waals surface area contributed by atoms with E-state index < -0.39 is 11.5 Å². The molecule has 0 spiro atoms. The minimum atomic E-state index is -4.46. The van der Waals surface area contributed by atoms with Crippen LogP contribution in [-0.2, 0) is 16.0 Å². The van der Waals surface area contributed by atoms with Crippen LogP contribution in [0.15, 0.2) is 17.0 Å². The first kappa shape index (κ1) is 16.4. The fourth-order valence-electron chi connectivity index (χ4n) is 1.67. The van der Waals surface area contributed by atoms with Gasteiger partial charge in [0.05, 0.1) is 24.7 Å². The largest absolute Gasteiger partial charge is 0.466 e. The van der Waals surface area contributed by atoms with Crippen molar-refractivity contribution in [1.82, 2.24) is 0 Å². The van der Waals surface area contributed by atoms with Crippen molar-refractivity contribution in [2.45, 2.75) is 30.7 Å². The lowest BCUT2D eigenvalue weighted by Gasteiger charge is -2.14. The quantitative estimate of drug-likeness (QED) is 0.630. The lowest BCUT2D eigenvalue weighted by Crippen LogP contribution is -2.10. The smallest absolute Gasteiger partial charge is 0.446 e. The number of aryl methyl sites for hydroxylation is 1. The first-order chi connectivity index (χ1) is 9.26. The van der Waals surface area contributed by atoms with E-state index in [0.717, 1.165) is 0 Å².